The highest BCUT2D eigenvalue weighted by Gasteiger charge is 2.22. The number of methoxy groups -OCH3 is 1. The number of halogens is 1. The van der Waals surface area contributed by atoms with Gasteiger partial charge in [-0.15, -0.1) is 24.0 Å². The zero-order chi connectivity index (χ0) is 21.9. The van der Waals surface area contributed by atoms with Gasteiger partial charge in [-0.25, -0.2) is 4.79 Å². The van der Waals surface area contributed by atoms with E-state index in [1.807, 2.05) is 20.8 Å². The molecule has 0 radical (unpaired) electrons. The maximum Gasteiger partial charge on any atom is 0.410 e. The van der Waals surface area contributed by atoms with Crippen LogP contribution in [0.4, 0.5) is 4.79 Å². The van der Waals surface area contributed by atoms with Crippen LogP contribution in [0.5, 0.6) is 0 Å². The van der Waals surface area contributed by atoms with Gasteiger partial charge in [0, 0.05) is 66.6 Å². The van der Waals surface area contributed by atoms with Crippen LogP contribution in [-0.4, -0.2) is 94.0 Å². The molecule has 30 heavy (non-hydrogen) atoms. The van der Waals surface area contributed by atoms with Crippen LogP contribution in [0.15, 0.2) is 4.99 Å². The molecule has 0 saturated carbocycles. The van der Waals surface area contributed by atoms with Crippen molar-refractivity contribution < 1.29 is 14.3 Å². The SMILES string of the molecule is CN=C(NCC(C)CN(C)C(=O)OC(C)(C)C)NC1CCN(CCCOC)CC1.I. The van der Waals surface area contributed by atoms with Crippen molar-refractivity contribution in [2.24, 2.45) is 10.9 Å². The van der Waals surface area contributed by atoms with Crippen molar-refractivity contribution in [2.45, 2.75) is 58.6 Å². The number of aliphatic imine (C=N–C) groups is 1. The fraction of sp³-hybridized carbons (Fsp3) is 0.905. The van der Waals surface area contributed by atoms with Crippen molar-refractivity contribution in [3.8, 4) is 0 Å². The average Bonchev–Trinajstić information content (AvgIpc) is 2.65. The third-order valence-corrected chi connectivity index (χ3v) is 4.88. The second kappa shape index (κ2) is 15.1. The normalized spacial score (nSPS) is 17.1. The second-order valence-electron chi connectivity index (χ2n) is 9.03. The highest BCUT2D eigenvalue weighted by Crippen LogP contribution is 2.11. The predicted octanol–water partition coefficient (Wildman–Crippen LogP) is 2.77. The molecule has 0 aromatic carbocycles. The van der Waals surface area contributed by atoms with Gasteiger partial charge < -0.3 is 29.9 Å². The van der Waals surface area contributed by atoms with E-state index in [-0.39, 0.29) is 36.0 Å². The number of hydrogen-bond donors (Lipinski definition) is 2. The number of nitrogens with zero attached hydrogens (tertiary/aromatic N) is 3. The molecule has 1 heterocycles. The minimum Gasteiger partial charge on any atom is -0.444 e. The number of piperidine rings is 1. The number of carbonyl (C=O) groups is 1. The summed E-state index contributed by atoms with van der Waals surface area (Å²) >= 11 is 0. The number of ether oxygens (including phenoxy) is 2. The van der Waals surface area contributed by atoms with Crippen molar-refractivity contribution in [2.75, 3.05) is 60.5 Å². The summed E-state index contributed by atoms with van der Waals surface area (Å²) in [6, 6.07) is 0.444. The van der Waals surface area contributed by atoms with E-state index in [4.69, 9.17) is 9.47 Å². The molecule has 8 nitrogen and oxygen atoms in total. The monoisotopic (exact) mass is 541 g/mol. The third-order valence-electron chi connectivity index (χ3n) is 4.88. The minimum atomic E-state index is -0.474. The molecule has 0 aromatic heterocycles. The number of likely N-dealkylation sites (tertiary alicyclic amines) is 1. The van der Waals surface area contributed by atoms with Crippen molar-refractivity contribution in [3.05, 3.63) is 0 Å². The summed E-state index contributed by atoms with van der Waals surface area (Å²) in [5.41, 5.74) is -0.474. The molecule has 1 aliphatic rings. The fourth-order valence-corrected chi connectivity index (χ4v) is 3.34. The first-order chi connectivity index (χ1) is 13.6. The Morgan fingerprint density at radius 3 is 2.47 bits per heavy atom. The molecule has 1 unspecified atom stereocenters. The Balaban J connectivity index is 0.00000841. The van der Waals surface area contributed by atoms with Crippen LogP contribution in [0.25, 0.3) is 0 Å². The van der Waals surface area contributed by atoms with Crippen LogP contribution in [-0.2, 0) is 9.47 Å². The molecule has 1 atom stereocenters. The summed E-state index contributed by atoms with van der Waals surface area (Å²) in [6.07, 6.45) is 3.03. The fourth-order valence-electron chi connectivity index (χ4n) is 3.34. The number of guanidine groups is 1. The summed E-state index contributed by atoms with van der Waals surface area (Å²) in [5.74, 6) is 1.10. The molecule has 178 valence electrons. The zero-order valence-corrected chi connectivity index (χ0v) is 22.3. The van der Waals surface area contributed by atoms with Crippen LogP contribution in [0.1, 0.15) is 47.0 Å². The van der Waals surface area contributed by atoms with E-state index in [0.29, 0.717) is 12.6 Å². The first-order valence-corrected chi connectivity index (χ1v) is 10.8. The molecule has 0 aromatic rings. The van der Waals surface area contributed by atoms with Crippen molar-refractivity contribution in [1.82, 2.24) is 20.4 Å². The molecule has 1 rings (SSSR count). The lowest BCUT2D eigenvalue weighted by molar-refractivity contribution is 0.0278. The van der Waals surface area contributed by atoms with Gasteiger partial charge >= 0.3 is 6.09 Å². The Kier molecular flexibility index (Phi) is 14.7. The van der Waals surface area contributed by atoms with E-state index >= 15 is 0 Å². The summed E-state index contributed by atoms with van der Waals surface area (Å²) in [6.45, 7) is 13.3. The molecule has 1 saturated heterocycles. The van der Waals surface area contributed by atoms with Crippen molar-refractivity contribution in [1.29, 1.82) is 0 Å². The molecule has 0 aliphatic carbocycles. The zero-order valence-electron chi connectivity index (χ0n) is 20.0. The van der Waals surface area contributed by atoms with Gasteiger partial charge in [-0.1, -0.05) is 6.92 Å². The van der Waals surface area contributed by atoms with Gasteiger partial charge in [-0.3, -0.25) is 4.99 Å². The summed E-state index contributed by atoms with van der Waals surface area (Å²) in [5, 5.41) is 6.93. The Hall–Kier alpha value is -0.810. The number of nitrogens with one attached hydrogen (secondary N) is 2. The molecule has 1 aliphatic heterocycles. The quantitative estimate of drug-likeness (QED) is 0.202. The molecule has 2 N–H and O–H groups in total. The van der Waals surface area contributed by atoms with Gasteiger partial charge in [0.2, 0.25) is 0 Å². The van der Waals surface area contributed by atoms with Crippen LogP contribution in [0.3, 0.4) is 0 Å². The van der Waals surface area contributed by atoms with E-state index in [2.05, 4.69) is 27.4 Å². The highest BCUT2D eigenvalue weighted by molar-refractivity contribution is 14.0. The maximum atomic E-state index is 12.1. The van der Waals surface area contributed by atoms with Crippen LogP contribution in [0, 0.1) is 5.92 Å². The summed E-state index contributed by atoms with van der Waals surface area (Å²) < 4.78 is 10.5. The number of rotatable bonds is 9. The lowest BCUT2D eigenvalue weighted by Gasteiger charge is -2.33. The summed E-state index contributed by atoms with van der Waals surface area (Å²) in [7, 11) is 5.33. The summed E-state index contributed by atoms with van der Waals surface area (Å²) in [4.78, 5) is 20.6. The molecular weight excluding hydrogens is 497 g/mol. The predicted molar refractivity (Wildman–Crippen MR) is 134 cm³/mol. The Morgan fingerprint density at radius 1 is 1.30 bits per heavy atom. The van der Waals surface area contributed by atoms with Gasteiger partial charge in [0.05, 0.1) is 0 Å². The van der Waals surface area contributed by atoms with Gasteiger partial charge in [0.25, 0.3) is 0 Å². The van der Waals surface area contributed by atoms with Gasteiger partial charge in [0.15, 0.2) is 5.96 Å². The van der Waals surface area contributed by atoms with E-state index in [9.17, 15) is 4.79 Å². The van der Waals surface area contributed by atoms with Crippen LogP contribution >= 0.6 is 24.0 Å². The average molecular weight is 542 g/mol. The minimum absolute atomic E-state index is 0. The molecule has 0 bridgehead atoms. The third kappa shape index (κ3) is 12.8. The molecule has 1 fully saturated rings. The first kappa shape index (κ1) is 29.2. The lowest BCUT2D eigenvalue weighted by atomic mass is 10.1. The molecular formula is C21H44IN5O3. The number of carbonyl (C=O) groups excluding carboxylic acids is 1. The van der Waals surface area contributed by atoms with Crippen molar-refractivity contribution in [3.63, 3.8) is 0 Å². The Bertz CT molecular complexity index is 505. The van der Waals surface area contributed by atoms with E-state index < -0.39 is 5.60 Å². The molecule has 0 spiro atoms. The van der Waals surface area contributed by atoms with Crippen LogP contribution < -0.4 is 10.6 Å². The van der Waals surface area contributed by atoms with E-state index in [1.165, 1.54) is 0 Å². The number of hydrogen-bond acceptors (Lipinski definition) is 5. The Morgan fingerprint density at radius 2 is 1.93 bits per heavy atom. The topological polar surface area (TPSA) is 78.4 Å². The standard InChI is InChI=1S/C21H43N5O3.HI/c1-17(16-25(6)20(27)29-21(2,3)4)15-23-19(22-5)24-18-9-12-26(13-10-18)11-8-14-28-7;/h17-18H,8-16H2,1-7H3,(H2,22,23,24);1H. The van der Waals surface area contributed by atoms with Gasteiger partial charge in [0.1, 0.15) is 5.60 Å². The molecule has 1 amide bonds. The Labute approximate surface area is 200 Å². The van der Waals surface area contributed by atoms with E-state index in [0.717, 1.165) is 58.0 Å². The lowest BCUT2D eigenvalue weighted by Crippen LogP contribution is -2.50. The smallest absolute Gasteiger partial charge is 0.410 e. The molecule has 9 heteroatoms. The largest absolute Gasteiger partial charge is 0.444 e. The highest BCUT2D eigenvalue weighted by atomic mass is 127. The first-order valence-electron chi connectivity index (χ1n) is 10.8. The number of amides is 1. The van der Waals surface area contributed by atoms with Crippen LogP contribution in [0.2, 0.25) is 0 Å². The van der Waals surface area contributed by atoms with E-state index in [1.54, 1.807) is 26.1 Å². The maximum absolute atomic E-state index is 12.1. The van der Waals surface area contributed by atoms with Gasteiger partial charge in [-0.2, -0.15) is 0 Å². The van der Waals surface area contributed by atoms with Gasteiger partial charge in [-0.05, 0) is 46.0 Å². The van der Waals surface area contributed by atoms with Crippen molar-refractivity contribution >= 4 is 36.0 Å². The second-order valence-corrected chi connectivity index (χ2v) is 9.03.